The molecule has 0 saturated heterocycles. The first kappa shape index (κ1) is 15.9. The summed E-state index contributed by atoms with van der Waals surface area (Å²) < 4.78 is 23.2. The van der Waals surface area contributed by atoms with Crippen molar-refractivity contribution >= 4 is 33.0 Å². The smallest absolute Gasteiger partial charge is 0.247 e. The molecule has 6 nitrogen and oxygen atoms in total. The zero-order valence-electron chi connectivity index (χ0n) is 11.8. The highest BCUT2D eigenvalue weighted by Gasteiger charge is 2.17. The maximum absolute atomic E-state index is 11.6. The molecule has 3 aromatic rings. The van der Waals surface area contributed by atoms with Crippen molar-refractivity contribution in [3.8, 4) is 22.5 Å². The SMILES string of the molecule is CS(=O)(=O)c1nccc(-c2cn[nH]c2-c2ccc(Cl)cc2Cl)n1. The highest BCUT2D eigenvalue weighted by atomic mass is 35.5. The molecule has 2 heterocycles. The van der Waals surface area contributed by atoms with Crippen LogP contribution in [-0.2, 0) is 9.84 Å². The lowest BCUT2D eigenvalue weighted by molar-refractivity contribution is 0.593. The molecule has 9 heteroatoms. The summed E-state index contributed by atoms with van der Waals surface area (Å²) in [4.78, 5) is 7.87. The van der Waals surface area contributed by atoms with Crippen LogP contribution in [0.5, 0.6) is 0 Å². The zero-order valence-corrected chi connectivity index (χ0v) is 14.1. The number of sulfone groups is 1. The Morgan fingerprint density at radius 3 is 2.61 bits per heavy atom. The Bertz CT molecular complexity index is 986. The van der Waals surface area contributed by atoms with Crippen molar-refractivity contribution < 1.29 is 8.42 Å². The van der Waals surface area contributed by atoms with E-state index in [1.54, 1.807) is 30.5 Å². The van der Waals surface area contributed by atoms with Crippen molar-refractivity contribution in [1.82, 2.24) is 20.2 Å². The van der Waals surface area contributed by atoms with Gasteiger partial charge in [-0.05, 0) is 24.3 Å². The van der Waals surface area contributed by atoms with Gasteiger partial charge in [0, 0.05) is 28.6 Å². The molecule has 2 aromatic heterocycles. The Hall–Kier alpha value is -1.96. The van der Waals surface area contributed by atoms with E-state index in [1.807, 2.05) is 0 Å². The molecule has 0 atom stereocenters. The molecule has 0 aliphatic rings. The van der Waals surface area contributed by atoms with Crippen molar-refractivity contribution in [2.45, 2.75) is 5.16 Å². The predicted molar refractivity (Wildman–Crippen MR) is 88.2 cm³/mol. The maximum atomic E-state index is 11.6. The van der Waals surface area contributed by atoms with E-state index >= 15 is 0 Å². The van der Waals surface area contributed by atoms with E-state index in [0.717, 1.165) is 6.26 Å². The van der Waals surface area contributed by atoms with Crippen LogP contribution in [0.25, 0.3) is 22.5 Å². The molecule has 118 valence electrons. The van der Waals surface area contributed by atoms with Crippen LogP contribution in [0.4, 0.5) is 0 Å². The minimum atomic E-state index is -3.50. The van der Waals surface area contributed by atoms with Gasteiger partial charge >= 0.3 is 0 Å². The van der Waals surface area contributed by atoms with Crippen LogP contribution in [0.1, 0.15) is 0 Å². The van der Waals surface area contributed by atoms with Gasteiger partial charge in [-0.1, -0.05) is 23.2 Å². The molecule has 0 spiro atoms. The van der Waals surface area contributed by atoms with Crippen LogP contribution < -0.4 is 0 Å². The number of hydrogen-bond donors (Lipinski definition) is 1. The largest absolute Gasteiger partial charge is 0.277 e. The van der Waals surface area contributed by atoms with E-state index in [4.69, 9.17) is 23.2 Å². The van der Waals surface area contributed by atoms with Gasteiger partial charge in [0.1, 0.15) is 0 Å². The molecule has 1 N–H and O–H groups in total. The number of rotatable bonds is 3. The van der Waals surface area contributed by atoms with Crippen molar-refractivity contribution in [2.24, 2.45) is 0 Å². The Morgan fingerprint density at radius 1 is 1.13 bits per heavy atom. The van der Waals surface area contributed by atoms with E-state index in [-0.39, 0.29) is 5.16 Å². The fraction of sp³-hybridized carbons (Fsp3) is 0.0714. The lowest BCUT2D eigenvalue weighted by Crippen LogP contribution is -2.04. The summed E-state index contributed by atoms with van der Waals surface area (Å²) in [7, 11) is -3.50. The Balaban J connectivity index is 2.15. The first-order valence-corrected chi connectivity index (χ1v) is 9.03. The van der Waals surface area contributed by atoms with Gasteiger partial charge in [0.05, 0.1) is 22.6 Å². The second-order valence-corrected chi connectivity index (χ2v) is 7.53. The predicted octanol–water partition coefficient (Wildman–Crippen LogP) is 3.24. The molecular formula is C14H10Cl2N4O2S. The van der Waals surface area contributed by atoms with Gasteiger partial charge < -0.3 is 0 Å². The van der Waals surface area contributed by atoms with Gasteiger partial charge in [-0.2, -0.15) is 5.10 Å². The number of H-pyrrole nitrogens is 1. The summed E-state index contributed by atoms with van der Waals surface area (Å²) >= 11 is 12.1. The molecule has 0 radical (unpaired) electrons. The molecule has 23 heavy (non-hydrogen) atoms. The fourth-order valence-corrected chi connectivity index (χ4v) is 3.07. The van der Waals surface area contributed by atoms with Gasteiger partial charge in [0.2, 0.25) is 15.0 Å². The number of nitrogens with zero attached hydrogens (tertiary/aromatic N) is 3. The van der Waals surface area contributed by atoms with Gasteiger partial charge in [-0.15, -0.1) is 0 Å². The van der Waals surface area contributed by atoms with Crippen molar-refractivity contribution in [3.05, 3.63) is 46.7 Å². The van der Waals surface area contributed by atoms with Crippen molar-refractivity contribution in [1.29, 1.82) is 0 Å². The fourth-order valence-electron chi connectivity index (χ4n) is 2.05. The highest BCUT2D eigenvalue weighted by Crippen LogP contribution is 2.34. The third-order valence-corrected chi connectivity index (χ3v) is 4.49. The number of aromatic amines is 1. The van der Waals surface area contributed by atoms with Crippen molar-refractivity contribution in [3.63, 3.8) is 0 Å². The first-order chi connectivity index (χ1) is 10.9. The minimum absolute atomic E-state index is 0.246. The molecule has 0 fully saturated rings. The Labute approximate surface area is 142 Å². The summed E-state index contributed by atoms with van der Waals surface area (Å²) in [6, 6.07) is 6.67. The molecule has 0 bridgehead atoms. The first-order valence-electron chi connectivity index (χ1n) is 6.38. The normalized spacial score (nSPS) is 11.6. The number of halogens is 2. The zero-order chi connectivity index (χ0) is 16.6. The quantitative estimate of drug-likeness (QED) is 0.716. The van der Waals surface area contributed by atoms with Crippen LogP contribution in [-0.4, -0.2) is 34.8 Å². The van der Waals surface area contributed by atoms with E-state index in [2.05, 4.69) is 20.2 Å². The minimum Gasteiger partial charge on any atom is -0.277 e. The molecular weight excluding hydrogens is 359 g/mol. The number of benzene rings is 1. The summed E-state index contributed by atoms with van der Waals surface area (Å²) in [6.07, 6.45) is 3.99. The van der Waals surface area contributed by atoms with Gasteiger partial charge in [0.25, 0.3) is 0 Å². The summed E-state index contributed by atoms with van der Waals surface area (Å²) in [5.74, 6) is 0. The number of aromatic nitrogens is 4. The second kappa shape index (κ2) is 5.92. The lowest BCUT2D eigenvalue weighted by Gasteiger charge is -2.06. The molecule has 1 aromatic carbocycles. The maximum Gasteiger partial charge on any atom is 0.247 e. The van der Waals surface area contributed by atoms with E-state index < -0.39 is 9.84 Å². The third-order valence-electron chi connectivity index (χ3n) is 3.08. The number of nitrogens with one attached hydrogen (secondary N) is 1. The second-order valence-electron chi connectivity index (χ2n) is 4.78. The van der Waals surface area contributed by atoms with Crippen LogP contribution >= 0.6 is 23.2 Å². The molecule has 0 saturated carbocycles. The van der Waals surface area contributed by atoms with E-state index in [1.165, 1.54) is 6.20 Å². The van der Waals surface area contributed by atoms with Crippen LogP contribution in [0.2, 0.25) is 10.0 Å². The Kier molecular flexibility index (Phi) is 4.09. The number of hydrogen-bond acceptors (Lipinski definition) is 5. The Morgan fingerprint density at radius 2 is 1.91 bits per heavy atom. The average molecular weight is 369 g/mol. The van der Waals surface area contributed by atoms with Gasteiger partial charge in [0.15, 0.2) is 0 Å². The third kappa shape index (κ3) is 3.21. The van der Waals surface area contributed by atoms with Crippen LogP contribution in [0.3, 0.4) is 0 Å². The standard InChI is InChI=1S/C14H10Cl2N4O2S/c1-23(21,22)14-17-5-4-12(19-14)10-7-18-20-13(10)9-3-2-8(15)6-11(9)16/h2-7H,1H3,(H,18,20). The van der Waals surface area contributed by atoms with Crippen LogP contribution in [0, 0.1) is 0 Å². The lowest BCUT2D eigenvalue weighted by atomic mass is 10.1. The van der Waals surface area contributed by atoms with Gasteiger partial charge in [-0.3, -0.25) is 5.10 Å². The topological polar surface area (TPSA) is 88.6 Å². The molecule has 3 rings (SSSR count). The summed E-state index contributed by atoms with van der Waals surface area (Å²) in [6.45, 7) is 0. The van der Waals surface area contributed by atoms with Crippen molar-refractivity contribution in [2.75, 3.05) is 6.26 Å². The highest BCUT2D eigenvalue weighted by molar-refractivity contribution is 7.90. The van der Waals surface area contributed by atoms with Gasteiger partial charge in [-0.25, -0.2) is 18.4 Å². The van der Waals surface area contributed by atoms with E-state index in [9.17, 15) is 8.42 Å². The molecule has 0 amide bonds. The summed E-state index contributed by atoms with van der Waals surface area (Å²) in [5, 5.41) is 7.57. The average Bonchev–Trinajstić information content (AvgIpc) is 2.96. The molecule has 0 aliphatic carbocycles. The molecule has 0 unspecified atom stereocenters. The summed E-state index contributed by atoms with van der Waals surface area (Å²) in [5.41, 5.74) is 2.34. The van der Waals surface area contributed by atoms with Crippen LogP contribution in [0.15, 0.2) is 41.8 Å². The van der Waals surface area contributed by atoms with E-state index in [0.29, 0.717) is 32.6 Å². The molecule has 0 aliphatic heterocycles. The monoisotopic (exact) mass is 368 g/mol.